The van der Waals surface area contributed by atoms with Crippen LogP contribution in [0.25, 0.3) is 11.5 Å². The van der Waals surface area contributed by atoms with Crippen LogP contribution in [0.2, 0.25) is 0 Å². The fraction of sp³-hybridized carbons (Fsp3) is 0.632. The minimum Gasteiger partial charge on any atom is -0.469 e. The lowest BCUT2D eigenvalue weighted by Crippen LogP contribution is -2.43. The number of thioether (sulfide) groups is 1. The van der Waals surface area contributed by atoms with Gasteiger partial charge in [0.1, 0.15) is 5.76 Å². The SMILES string of the molecule is Cc1occc1-c1nnc(S[C@H](C)C(=O)N[C@H](C)[C@@H]2C[C@H]3CC[C@H]2C3)o1. The highest BCUT2D eigenvalue weighted by molar-refractivity contribution is 8.00. The summed E-state index contributed by atoms with van der Waals surface area (Å²) in [5, 5.41) is 11.4. The number of furan rings is 1. The Hall–Kier alpha value is -1.76. The number of hydrogen-bond acceptors (Lipinski definition) is 6. The van der Waals surface area contributed by atoms with Gasteiger partial charge < -0.3 is 14.2 Å². The summed E-state index contributed by atoms with van der Waals surface area (Å²) in [6, 6.07) is 2.03. The minimum atomic E-state index is -0.283. The van der Waals surface area contributed by atoms with E-state index in [1.807, 2.05) is 13.8 Å². The van der Waals surface area contributed by atoms with Gasteiger partial charge in [-0.3, -0.25) is 4.79 Å². The highest BCUT2D eigenvalue weighted by Gasteiger charge is 2.42. The van der Waals surface area contributed by atoms with Crippen molar-refractivity contribution in [1.82, 2.24) is 15.5 Å². The van der Waals surface area contributed by atoms with Crippen molar-refractivity contribution in [1.29, 1.82) is 0 Å². The maximum absolute atomic E-state index is 12.6. The fourth-order valence-corrected chi connectivity index (χ4v) is 5.23. The van der Waals surface area contributed by atoms with Crippen LogP contribution in [0, 0.1) is 24.7 Å². The summed E-state index contributed by atoms with van der Waals surface area (Å²) < 4.78 is 10.9. The second-order valence-electron chi connectivity index (χ2n) is 7.66. The third-order valence-electron chi connectivity index (χ3n) is 5.95. The Labute approximate surface area is 157 Å². The summed E-state index contributed by atoms with van der Waals surface area (Å²) in [6.45, 7) is 5.87. The molecule has 26 heavy (non-hydrogen) atoms. The predicted molar refractivity (Wildman–Crippen MR) is 98.6 cm³/mol. The molecule has 1 amide bonds. The van der Waals surface area contributed by atoms with Crippen molar-refractivity contribution in [2.24, 2.45) is 17.8 Å². The summed E-state index contributed by atoms with van der Waals surface area (Å²) in [6.07, 6.45) is 6.93. The molecule has 2 aromatic heterocycles. The van der Waals surface area contributed by atoms with E-state index in [1.165, 1.54) is 37.4 Å². The number of carbonyl (C=O) groups is 1. The Balaban J connectivity index is 1.33. The molecule has 5 atom stereocenters. The summed E-state index contributed by atoms with van der Waals surface area (Å²) in [4.78, 5) is 12.6. The van der Waals surface area contributed by atoms with E-state index >= 15 is 0 Å². The van der Waals surface area contributed by atoms with Gasteiger partial charge in [0.05, 0.1) is 17.1 Å². The maximum atomic E-state index is 12.6. The van der Waals surface area contributed by atoms with E-state index in [2.05, 4.69) is 22.4 Å². The van der Waals surface area contributed by atoms with Gasteiger partial charge in [-0.15, -0.1) is 10.2 Å². The normalized spacial score (nSPS) is 26.8. The summed E-state index contributed by atoms with van der Waals surface area (Å²) in [7, 11) is 0. The van der Waals surface area contributed by atoms with Crippen molar-refractivity contribution >= 4 is 17.7 Å². The summed E-state index contributed by atoms with van der Waals surface area (Å²) in [5.41, 5.74) is 0.784. The number of hydrogen-bond donors (Lipinski definition) is 1. The Bertz CT molecular complexity index is 787. The molecule has 2 heterocycles. The second kappa shape index (κ2) is 7.10. The maximum Gasteiger partial charge on any atom is 0.277 e. The van der Waals surface area contributed by atoms with Crippen LogP contribution < -0.4 is 5.32 Å². The topological polar surface area (TPSA) is 81.2 Å². The quantitative estimate of drug-likeness (QED) is 0.767. The van der Waals surface area contributed by atoms with Crippen LogP contribution in [0.5, 0.6) is 0 Å². The molecule has 140 valence electrons. The van der Waals surface area contributed by atoms with Crippen molar-refractivity contribution in [3.8, 4) is 11.5 Å². The van der Waals surface area contributed by atoms with E-state index in [0.29, 0.717) is 17.0 Å². The van der Waals surface area contributed by atoms with E-state index in [9.17, 15) is 4.79 Å². The van der Waals surface area contributed by atoms with Gasteiger partial charge in [0.25, 0.3) is 11.1 Å². The van der Waals surface area contributed by atoms with E-state index in [-0.39, 0.29) is 17.2 Å². The van der Waals surface area contributed by atoms with Gasteiger partial charge in [-0.25, -0.2) is 0 Å². The Morgan fingerprint density at radius 2 is 2.15 bits per heavy atom. The van der Waals surface area contributed by atoms with Crippen molar-refractivity contribution in [2.45, 2.75) is 63.0 Å². The van der Waals surface area contributed by atoms with E-state index < -0.39 is 0 Å². The first-order valence-corrected chi connectivity index (χ1v) is 10.2. The van der Waals surface area contributed by atoms with Gasteiger partial charge in [-0.1, -0.05) is 18.2 Å². The first kappa shape index (κ1) is 17.6. The lowest BCUT2D eigenvalue weighted by atomic mass is 9.84. The Morgan fingerprint density at radius 3 is 2.81 bits per heavy atom. The molecule has 2 bridgehead atoms. The highest BCUT2D eigenvalue weighted by Crippen LogP contribution is 2.49. The van der Waals surface area contributed by atoms with Gasteiger partial charge in [0.15, 0.2) is 0 Å². The van der Waals surface area contributed by atoms with Crippen LogP contribution in [-0.4, -0.2) is 27.4 Å². The van der Waals surface area contributed by atoms with E-state index in [0.717, 1.165) is 23.2 Å². The summed E-state index contributed by atoms with van der Waals surface area (Å²) in [5.74, 6) is 3.50. The molecule has 2 saturated carbocycles. The molecular formula is C19H25N3O3S. The van der Waals surface area contributed by atoms with Gasteiger partial charge in [-0.2, -0.15) is 0 Å². The van der Waals surface area contributed by atoms with Gasteiger partial charge in [0.2, 0.25) is 5.91 Å². The molecule has 0 radical (unpaired) electrons. The molecule has 2 aliphatic carbocycles. The number of nitrogens with zero attached hydrogens (tertiary/aromatic N) is 2. The molecule has 2 aliphatic rings. The number of nitrogens with one attached hydrogen (secondary N) is 1. The van der Waals surface area contributed by atoms with Crippen molar-refractivity contribution in [3.63, 3.8) is 0 Å². The standard InChI is InChI=1S/C19H25N3O3S/c1-10(16-9-13-4-5-14(16)8-13)20-17(23)12(3)26-19-22-21-18(25-19)15-6-7-24-11(15)2/h6-7,10,12-14,16H,4-5,8-9H2,1-3H3,(H,20,23)/t10-,12-,13+,14+,16+/m1/s1. The first-order valence-electron chi connectivity index (χ1n) is 9.36. The number of amides is 1. The van der Waals surface area contributed by atoms with Crippen LogP contribution in [0.1, 0.15) is 45.3 Å². The third-order valence-corrected chi connectivity index (χ3v) is 6.88. The second-order valence-corrected chi connectivity index (χ2v) is 8.95. The zero-order valence-electron chi connectivity index (χ0n) is 15.4. The Morgan fingerprint density at radius 1 is 1.31 bits per heavy atom. The van der Waals surface area contributed by atoms with E-state index in [4.69, 9.17) is 8.83 Å². The molecule has 4 rings (SSSR count). The zero-order chi connectivity index (χ0) is 18.3. The molecule has 0 aromatic carbocycles. The smallest absolute Gasteiger partial charge is 0.277 e. The monoisotopic (exact) mass is 375 g/mol. The molecule has 0 aliphatic heterocycles. The molecule has 0 saturated heterocycles. The molecule has 0 unspecified atom stereocenters. The van der Waals surface area contributed by atoms with E-state index in [1.54, 1.807) is 12.3 Å². The average molecular weight is 375 g/mol. The minimum absolute atomic E-state index is 0.0320. The zero-order valence-corrected chi connectivity index (χ0v) is 16.2. The molecule has 6 nitrogen and oxygen atoms in total. The molecule has 7 heteroatoms. The predicted octanol–water partition coefficient (Wildman–Crippen LogP) is 4.06. The number of aryl methyl sites for hydroxylation is 1. The number of carbonyl (C=O) groups excluding carboxylic acids is 1. The van der Waals surface area contributed by atoms with Gasteiger partial charge >= 0.3 is 0 Å². The largest absolute Gasteiger partial charge is 0.469 e. The molecular weight excluding hydrogens is 350 g/mol. The molecule has 2 fully saturated rings. The van der Waals surface area contributed by atoms with Gasteiger partial charge in [-0.05, 0) is 63.9 Å². The van der Waals surface area contributed by atoms with Crippen LogP contribution in [-0.2, 0) is 4.79 Å². The fourth-order valence-electron chi connectivity index (χ4n) is 4.53. The lowest BCUT2D eigenvalue weighted by molar-refractivity contribution is -0.121. The van der Waals surface area contributed by atoms with Crippen molar-refractivity contribution in [3.05, 3.63) is 18.1 Å². The van der Waals surface area contributed by atoms with Crippen LogP contribution in [0.4, 0.5) is 0 Å². The third kappa shape index (κ3) is 3.41. The van der Waals surface area contributed by atoms with Crippen LogP contribution in [0.3, 0.4) is 0 Å². The highest BCUT2D eigenvalue weighted by atomic mass is 32.2. The number of rotatable bonds is 6. The number of fused-ring (bicyclic) bond motifs is 2. The Kier molecular flexibility index (Phi) is 4.82. The van der Waals surface area contributed by atoms with Crippen LogP contribution in [0.15, 0.2) is 26.4 Å². The molecule has 2 aromatic rings. The molecule has 1 N–H and O–H groups in total. The first-order chi connectivity index (χ1) is 12.5. The summed E-state index contributed by atoms with van der Waals surface area (Å²) >= 11 is 1.29. The average Bonchev–Trinajstić information content (AvgIpc) is 3.38. The van der Waals surface area contributed by atoms with Crippen LogP contribution >= 0.6 is 11.8 Å². The van der Waals surface area contributed by atoms with Crippen molar-refractivity contribution in [2.75, 3.05) is 0 Å². The van der Waals surface area contributed by atoms with Crippen molar-refractivity contribution < 1.29 is 13.6 Å². The van der Waals surface area contributed by atoms with Gasteiger partial charge in [0, 0.05) is 6.04 Å². The molecule has 0 spiro atoms. The number of aromatic nitrogens is 2. The lowest BCUT2D eigenvalue weighted by Gasteiger charge is -2.29.